The Morgan fingerprint density at radius 1 is 0.909 bits per heavy atom. The lowest BCUT2D eigenvalue weighted by Gasteiger charge is -2.34. The molecule has 4 rings (SSSR count). The number of nitrogens with zero attached hydrogens (tertiary/aromatic N) is 2. The minimum atomic E-state index is -4.36. The predicted molar refractivity (Wildman–Crippen MR) is 124 cm³/mol. The van der Waals surface area contributed by atoms with E-state index >= 15 is 0 Å². The molecule has 0 unspecified atom stereocenters. The van der Waals surface area contributed by atoms with Gasteiger partial charge in [0.25, 0.3) is 0 Å². The number of benzene rings is 2. The normalized spacial score (nSPS) is 18.4. The maximum Gasteiger partial charge on any atom is 0.416 e. The van der Waals surface area contributed by atoms with Gasteiger partial charge in [0.2, 0.25) is 0 Å². The SMILES string of the molecule is OCCOCCN1CCN(CCC=C2c3ccccc3Sc3ccc(C(F)(F)F)cc32)CC1. The number of hydrogen-bond donors (Lipinski definition) is 1. The van der Waals surface area contributed by atoms with Crippen LogP contribution in [-0.2, 0) is 10.9 Å². The fourth-order valence-electron chi connectivity index (χ4n) is 4.26. The van der Waals surface area contributed by atoms with E-state index in [4.69, 9.17) is 9.84 Å². The van der Waals surface area contributed by atoms with Gasteiger partial charge in [-0.2, -0.15) is 13.2 Å². The number of fused-ring (bicyclic) bond motifs is 2. The molecule has 33 heavy (non-hydrogen) atoms. The second-order valence-electron chi connectivity index (χ2n) is 8.23. The van der Waals surface area contributed by atoms with Crippen LogP contribution in [0.2, 0.25) is 0 Å². The van der Waals surface area contributed by atoms with Crippen molar-refractivity contribution in [2.75, 3.05) is 59.1 Å². The molecule has 0 aliphatic carbocycles. The molecule has 4 nitrogen and oxygen atoms in total. The van der Waals surface area contributed by atoms with Gasteiger partial charge in [0.1, 0.15) is 0 Å². The lowest BCUT2D eigenvalue weighted by Crippen LogP contribution is -2.47. The van der Waals surface area contributed by atoms with Crippen LogP contribution >= 0.6 is 11.8 Å². The number of halogens is 3. The fourth-order valence-corrected chi connectivity index (χ4v) is 5.34. The summed E-state index contributed by atoms with van der Waals surface area (Å²) < 4.78 is 45.4. The zero-order valence-electron chi connectivity index (χ0n) is 18.5. The number of aliphatic hydroxyl groups is 1. The van der Waals surface area contributed by atoms with E-state index in [1.54, 1.807) is 6.07 Å². The van der Waals surface area contributed by atoms with E-state index in [-0.39, 0.29) is 6.61 Å². The molecule has 2 aromatic carbocycles. The highest BCUT2D eigenvalue weighted by Crippen LogP contribution is 2.47. The summed E-state index contributed by atoms with van der Waals surface area (Å²) in [7, 11) is 0. The van der Waals surface area contributed by atoms with Gasteiger partial charge in [0.15, 0.2) is 0 Å². The van der Waals surface area contributed by atoms with Crippen LogP contribution in [0.15, 0.2) is 58.3 Å². The van der Waals surface area contributed by atoms with Gasteiger partial charge in [-0.05, 0) is 47.4 Å². The second kappa shape index (κ2) is 11.1. The molecule has 1 saturated heterocycles. The lowest BCUT2D eigenvalue weighted by molar-refractivity contribution is -0.137. The fraction of sp³-hybridized carbons (Fsp3) is 0.440. The van der Waals surface area contributed by atoms with Crippen LogP contribution in [0.3, 0.4) is 0 Å². The van der Waals surface area contributed by atoms with Crippen molar-refractivity contribution in [3.8, 4) is 0 Å². The van der Waals surface area contributed by atoms with Crippen molar-refractivity contribution in [2.24, 2.45) is 0 Å². The van der Waals surface area contributed by atoms with Crippen molar-refractivity contribution in [2.45, 2.75) is 22.4 Å². The molecule has 0 atom stereocenters. The van der Waals surface area contributed by atoms with E-state index in [0.29, 0.717) is 18.8 Å². The molecule has 2 aromatic rings. The summed E-state index contributed by atoms with van der Waals surface area (Å²) in [6, 6.07) is 12.0. The number of aliphatic hydroxyl groups excluding tert-OH is 1. The van der Waals surface area contributed by atoms with Gasteiger partial charge >= 0.3 is 6.18 Å². The third-order valence-electron chi connectivity index (χ3n) is 6.04. The van der Waals surface area contributed by atoms with Gasteiger partial charge in [-0.3, -0.25) is 4.90 Å². The molecular formula is C25H29F3N2O2S. The van der Waals surface area contributed by atoms with Crippen LogP contribution < -0.4 is 0 Å². The summed E-state index contributed by atoms with van der Waals surface area (Å²) in [6.07, 6.45) is -1.47. The number of rotatable bonds is 8. The highest BCUT2D eigenvalue weighted by Gasteiger charge is 2.32. The standard InChI is InChI=1S/C25H29F3N2O2S/c26-25(27,28)19-7-8-24-22(18-19)20(21-4-1-2-6-23(21)33-24)5-3-9-29-10-12-30(13-11-29)14-16-32-17-15-31/h1-2,4-8,18,31H,3,9-17H2. The maximum absolute atomic E-state index is 13.4. The first kappa shape index (κ1) is 24.3. The minimum absolute atomic E-state index is 0.0500. The van der Waals surface area contributed by atoms with E-state index in [0.717, 1.165) is 66.6 Å². The zero-order valence-corrected chi connectivity index (χ0v) is 19.3. The Morgan fingerprint density at radius 2 is 1.61 bits per heavy atom. The van der Waals surface area contributed by atoms with Gasteiger partial charge < -0.3 is 14.7 Å². The van der Waals surface area contributed by atoms with Crippen molar-refractivity contribution >= 4 is 17.3 Å². The second-order valence-corrected chi connectivity index (χ2v) is 9.32. The zero-order chi connectivity index (χ0) is 23.3. The third kappa shape index (κ3) is 6.19. The maximum atomic E-state index is 13.4. The molecule has 0 saturated carbocycles. The van der Waals surface area contributed by atoms with Gasteiger partial charge in [-0.1, -0.05) is 36.0 Å². The topological polar surface area (TPSA) is 35.9 Å². The van der Waals surface area contributed by atoms with Crippen molar-refractivity contribution in [3.05, 3.63) is 65.2 Å². The van der Waals surface area contributed by atoms with E-state index in [1.807, 2.05) is 24.3 Å². The average molecular weight is 479 g/mol. The Labute approximate surface area is 197 Å². The molecular weight excluding hydrogens is 449 g/mol. The number of alkyl halides is 3. The van der Waals surface area contributed by atoms with Gasteiger partial charge in [0.05, 0.1) is 25.4 Å². The molecule has 178 valence electrons. The molecule has 0 radical (unpaired) electrons. The first-order valence-electron chi connectivity index (χ1n) is 11.3. The van der Waals surface area contributed by atoms with Crippen LogP contribution in [-0.4, -0.2) is 74.0 Å². The summed E-state index contributed by atoms with van der Waals surface area (Å²) in [6.45, 7) is 6.66. The average Bonchev–Trinajstić information content (AvgIpc) is 2.81. The van der Waals surface area contributed by atoms with Crippen molar-refractivity contribution in [1.29, 1.82) is 0 Å². The molecule has 8 heteroatoms. The molecule has 0 bridgehead atoms. The minimum Gasteiger partial charge on any atom is -0.394 e. The molecule has 0 amide bonds. The van der Waals surface area contributed by atoms with Crippen molar-refractivity contribution < 1.29 is 23.0 Å². The monoisotopic (exact) mass is 478 g/mol. The van der Waals surface area contributed by atoms with E-state index in [2.05, 4.69) is 15.9 Å². The van der Waals surface area contributed by atoms with E-state index in [1.165, 1.54) is 23.9 Å². The van der Waals surface area contributed by atoms with Gasteiger partial charge in [-0.15, -0.1) is 0 Å². The molecule has 0 spiro atoms. The van der Waals surface area contributed by atoms with Crippen LogP contribution in [0, 0.1) is 0 Å². The van der Waals surface area contributed by atoms with Gasteiger partial charge in [-0.25, -0.2) is 0 Å². The lowest BCUT2D eigenvalue weighted by atomic mass is 9.94. The smallest absolute Gasteiger partial charge is 0.394 e. The first-order chi connectivity index (χ1) is 16.0. The number of piperazine rings is 1. The number of hydrogen-bond acceptors (Lipinski definition) is 5. The Balaban J connectivity index is 1.42. The van der Waals surface area contributed by atoms with Gasteiger partial charge in [0, 0.05) is 49.1 Å². The molecule has 0 aromatic heterocycles. The van der Waals surface area contributed by atoms with Crippen LogP contribution in [0.1, 0.15) is 23.1 Å². The first-order valence-corrected chi connectivity index (χ1v) is 12.1. The summed E-state index contributed by atoms with van der Waals surface area (Å²) in [5, 5.41) is 8.77. The van der Waals surface area contributed by atoms with Crippen molar-refractivity contribution in [3.63, 3.8) is 0 Å². The van der Waals surface area contributed by atoms with Crippen LogP contribution in [0.4, 0.5) is 13.2 Å². The Morgan fingerprint density at radius 3 is 2.33 bits per heavy atom. The molecule has 1 fully saturated rings. The predicted octanol–water partition coefficient (Wildman–Crippen LogP) is 4.62. The van der Waals surface area contributed by atoms with Crippen molar-refractivity contribution in [1.82, 2.24) is 9.80 Å². The molecule has 2 aliphatic heterocycles. The highest BCUT2D eigenvalue weighted by molar-refractivity contribution is 7.99. The largest absolute Gasteiger partial charge is 0.416 e. The van der Waals surface area contributed by atoms with E-state index in [9.17, 15) is 13.2 Å². The van der Waals surface area contributed by atoms with Crippen LogP contribution in [0.25, 0.3) is 5.57 Å². The molecule has 1 N–H and O–H groups in total. The van der Waals surface area contributed by atoms with Crippen LogP contribution in [0.5, 0.6) is 0 Å². The molecule has 2 aliphatic rings. The van der Waals surface area contributed by atoms with E-state index < -0.39 is 11.7 Å². The Bertz CT molecular complexity index is 972. The highest BCUT2D eigenvalue weighted by atomic mass is 32.2. The summed E-state index contributed by atoms with van der Waals surface area (Å²) in [4.78, 5) is 6.70. The summed E-state index contributed by atoms with van der Waals surface area (Å²) in [5.74, 6) is 0. The molecule has 2 heterocycles. The quantitative estimate of drug-likeness (QED) is 0.478. The summed E-state index contributed by atoms with van der Waals surface area (Å²) >= 11 is 1.53. The summed E-state index contributed by atoms with van der Waals surface area (Å²) in [5.41, 5.74) is 1.96. The Kier molecular flexibility index (Phi) is 8.14. The Hall–Kier alpha value is -1.84. The third-order valence-corrected chi connectivity index (χ3v) is 7.19. The number of ether oxygens (including phenoxy) is 1.